The molecule has 3 rings (SSSR count). The van der Waals surface area contributed by atoms with Crippen LogP contribution in [0.2, 0.25) is 0 Å². The number of halogens is 1. The molecule has 0 bridgehead atoms. The molecule has 1 aliphatic heterocycles. The maximum atomic E-state index is 13.4. The number of carbonyl (C=O) groups is 1. The number of rotatable bonds is 7. The zero-order chi connectivity index (χ0) is 26.2. The van der Waals surface area contributed by atoms with Gasteiger partial charge in [-0.1, -0.05) is 40.2 Å². The van der Waals surface area contributed by atoms with Crippen LogP contribution < -0.4 is 4.74 Å². The molecular weight excluding hydrogens is 465 g/mol. The molecule has 0 amide bonds. The van der Waals surface area contributed by atoms with Crippen molar-refractivity contribution in [3.63, 3.8) is 0 Å². The topological polar surface area (TPSA) is 86.5 Å². The van der Waals surface area contributed by atoms with Crippen LogP contribution >= 0.6 is 11.3 Å². The molecule has 190 valence electrons. The van der Waals surface area contributed by atoms with Gasteiger partial charge in [-0.05, 0) is 55.7 Å². The van der Waals surface area contributed by atoms with E-state index in [0.717, 1.165) is 31.2 Å². The second kappa shape index (κ2) is 12.8. The minimum Gasteiger partial charge on any atom is -0.483 e. The van der Waals surface area contributed by atoms with Crippen LogP contribution in [0.15, 0.2) is 30.8 Å². The summed E-state index contributed by atoms with van der Waals surface area (Å²) in [6.07, 6.45) is 3.77. The number of hydrogen-bond donors (Lipinski definition) is 1. The highest BCUT2D eigenvalue weighted by Gasteiger charge is 2.34. The molecule has 1 aromatic carbocycles. The van der Waals surface area contributed by atoms with Gasteiger partial charge >= 0.3 is 0 Å². The molecule has 0 spiro atoms. The molecule has 1 aliphatic rings. The molecule has 0 saturated carbocycles. The third kappa shape index (κ3) is 7.87. The van der Waals surface area contributed by atoms with Gasteiger partial charge in [0.1, 0.15) is 16.8 Å². The smallest absolute Gasteiger partial charge is 0.290 e. The van der Waals surface area contributed by atoms with Crippen LogP contribution in [-0.4, -0.2) is 34.6 Å². The highest BCUT2D eigenvalue weighted by Crippen LogP contribution is 2.40. The number of ether oxygens (including phenoxy) is 1. The van der Waals surface area contributed by atoms with Gasteiger partial charge in [-0.25, -0.2) is 4.98 Å². The van der Waals surface area contributed by atoms with Gasteiger partial charge in [0.05, 0.1) is 16.8 Å². The summed E-state index contributed by atoms with van der Waals surface area (Å²) in [5.41, 5.74) is 2.18. The van der Waals surface area contributed by atoms with Crippen molar-refractivity contribution >= 4 is 17.8 Å². The molecule has 2 aromatic rings. The summed E-state index contributed by atoms with van der Waals surface area (Å²) in [5.74, 6) is 1.65. The Labute approximate surface area is 212 Å². The van der Waals surface area contributed by atoms with Gasteiger partial charge in [0.25, 0.3) is 12.5 Å². The molecule has 1 aromatic heterocycles. The van der Waals surface area contributed by atoms with Crippen LogP contribution in [0, 0.1) is 35.5 Å². The van der Waals surface area contributed by atoms with Crippen molar-refractivity contribution in [1.82, 2.24) is 9.88 Å². The van der Waals surface area contributed by atoms with E-state index in [-0.39, 0.29) is 17.6 Å². The number of thiazole rings is 1. The summed E-state index contributed by atoms with van der Waals surface area (Å²) < 4.78 is 18.6. The Hall–Kier alpha value is -2.76. The highest BCUT2D eigenvalue weighted by molar-refractivity contribution is 7.15. The molecule has 1 saturated heterocycles. The number of carboxylic acid groups (broad SMARTS) is 1. The van der Waals surface area contributed by atoms with E-state index in [1.54, 1.807) is 29.5 Å². The van der Waals surface area contributed by atoms with Crippen molar-refractivity contribution in [2.75, 3.05) is 13.1 Å². The standard InChI is InChI=1S/C26H34FN3OS.CH2O2/c1-7-9-19-12-21(26(4,5)6)15-30(14-19)16-23-17(2)29-25(32-23)24-20(13-28)10-8-11-22(24)31-18(3)27;2-1-3/h8,10-11,19,21H,3,7,9,12,14-16H2,1-2,4-6H3;1H,(H,2,3). The van der Waals surface area contributed by atoms with Crippen LogP contribution in [-0.2, 0) is 11.3 Å². The Balaban J connectivity index is 0.00000137. The van der Waals surface area contributed by atoms with Gasteiger partial charge in [-0.2, -0.15) is 9.65 Å². The fourth-order valence-corrected chi connectivity index (χ4v) is 5.78. The first kappa shape index (κ1) is 28.5. The summed E-state index contributed by atoms with van der Waals surface area (Å²) in [6.45, 7) is 17.3. The van der Waals surface area contributed by atoms with Crippen molar-refractivity contribution in [1.29, 1.82) is 5.26 Å². The SMILES string of the molecule is C=C(F)Oc1cccc(C#N)c1-c1nc(C)c(CN2CC(CCC)CC(C(C)(C)C)C2)s1.O=CO. The number of aryl methyl sites for hydroxylation is 1. The zero-order valence-corrected chi connectivity index (χ0v) is 22.1. The van der Waals surface area contributed by atoms with Crippen LogP contribution in [0.4, 0.5) is 4.39 Å². The number of piperidine rings is 1. The van der Waals surface area contributed by atoms with Crippen LogP contribution in [0.25, 0.3) is 10.6 Å². The number of nitrogens with zero attached hydrogens (tertiary/aromatic N) is 3. The number of hydrogen-bond acceptors (Lipinski definition) is 6. The highest BCUT2D eigenvalue weighted by atomic mass is 32.1. The maximum absolute atomic E-state index is 13.4. The molecule has 1 N–H and O–H groups in total. The van der Waals surface area contributed by atoms with E-state index in [2.05, 4.69) is 45.2 Å². The lowest BCUT2D eigenvalue weighted by Gasteiger charge is -2.43. The largest absolute Gasteiger partial charge is 0.483 e. The van der Waals surface area contributed by atoms with Crippen molar-refractivity contribution in [3.05, 3.63) is 46.9 Å². The van der Waals surface area contributed by atoms with Crippen molar-refractivity contribution in [3.8, 4) is 22.4 Å². The summed E-state index contributed by atoms with van der Waals surface area (Å²) in [5, 5.41) is 17.2. The van der Waals surface area contributed by atoms with E-state index < -0.39 is 6.01 Å². The Bertz CT molecular complexity index is 1050. The molecule has 2 unspecified atom stereocenters. The van der Waals surface area contributed by atoms with E-state index >= 15 is 0 Å². The summed E-state index contributed by atoms with van der Waals surface area (Å²) >= 11 is 1.56. The van der Waals surface area contributed by atoms with Crippen LogP contribution in [0.3, 0.4) is 0 Å². The van der Waals surface area contributed by atoms with Gasteiger partial charge in [-0.15, -0.1) is 11.3 Å². The maximum Gasteiger partial charge on any atom is 0.290 e. The Morgan fingerprint density at radius 1 is 1.43 bits per heavy atom. The molecular formula is C27H36FN3O3S. The van der Waals surface area contributed by atoms with E-state index in [1.807, 2.05) is 6.92 Å². The Morgan fingerprint density at radius 2 is 2.11 bits per heavy atom. The fourth-order valence-electron chi connectivity index (χ4n) is 4.61. The van der Waals surface area contributed by atoms with Crippen molar-refractivity contribution in [2.24, 2.45) is 17.3 Å². The van der Waals surface area contributed by atoms with Crippen molar-refractivity contribution in [2.45, 2.75) is 60.4 Å². The lowest BCUT2D eigenvalue weighted by atomic mass is 9.72. The van der Waals surface area contributed by atoms with Crippen LogP contribution in [0.5, 0.6) is 5.75 Å². The van der Waals surface area contributed by atoms with E-state index in [1.165, 1.54) is 24.1 Å². The number of likely N-dealkylation sites (tertiary alicyclic amines) is 1. The van der Waals surface area contributed by atoms with E-state index in [9.17, 15) is 9.65 Å². The average molecular weight is 502 g/mol. The van der Waals surface area contributed by atoms with Gasteiger partial charge in [0.2, 0.25) is 0 Å². The third-order valence-corrected chi connectivity index (χ3v) is 7.54. The second-order valence-corrected chi connectivity index (χ2v) is 11.1. The minimum absolute atomic E-state index is 0.250. The average Bonchev–Trinajstić information content (AvgIpc) is 3.12. The molecule has 2 atom stereocenters. The predicted molar refractivity (Wildman–Crippen MR) is 138 cm³/mol. The third-order valence-electron chi connectivity index (χ3n) is 6.38. The minimum atomic E-state index is -0.904. The summed E-state index contributed by atoms with van der Waals surface area (Å²) in [7, 11) is 0. The molecule has 8 heteroatoms. The van der Waals surface area contributed by atoms with Crippen molar-refractivity contribution < 1.29 is 19.0 Å². The predicted octanol–water partition coefficient (Wildman–Crippen LogP) is 6.79. The first-order valence-electron chi connectivity index (χ1n) is 11.9. The van der Waals surface area contributed by atoms with Gasteiger partial charge in [0.15, 0.2) is 0 Å². The van der Waals surface area contributed by atoms with Gasteiger partial charge < -0.3 is 9.84 Å². The quantitative estimate of drug-likeness (QED) is 0.332. The lowest BCUT2D eigenvalue weighted by molar-refractivity contribution is -0.122. The molecule has 0 radical (unpaired) electrons. The first-order chi connectivity index (χ1) is 16.5. The normalized spacial score (nSPS) is 18.2. The Kier molecular flexibility index (Phi) is 10.4. The molecule has 35 heavy (non-hydrogen) atoms. The molecule has 1 fully saturated rings. The van der Waals surface area contributed by atoms with E-state index in [4.69, 9.17) is 19.6 Å². The van der Waals surface area contributed by atoms with Crippen LogP contribution in [0.1, 0.15) is 63.1 Å². The molecule has 6 nitrogen and oxygen atoms in total. The number of aromatic nitrogens is 1. The molecule has 2 heterocycles. The fraction of sp³-hybridized carbons (Fsp3) is 0.519. The zero-order valence-electron chi connectivity index (χ0n) is 21.3. The Morgan fingerprint density at radius 3 is 2.69 bits per heavy atom. The summed E-state index contributed by atoms with van der Waals surface area (Å²) in [6, 6.07) is 6.30. The first-order valence-corrected chi connectivity index (χ1v) is 12.7. The van der Waals surface area contributed by atoms with E-state index in [0.29, 0.717) is 22.1 Å². The lowest BCUT2D eigenvalue weighted by Crippen LogP contribution is -2.44. The molecule has 0 aliphatic carbocycles. The summed E-state index contributed by atoms with van der Waals surface area (Å²) in [4.78, 5) is 16.9. The number of nitriles is 1. The van der Waals surface area contributed by atoms with Gasteiger partial charge in [-0.3, -0.25) is 9.69 Å². The van der Waals surface area contributed by atoms with Gasteiger partial charge in [0, 0.05) is 24.5 Å². The number of benzene rings is 1. The second-order valence-electron chi connectivity index (χ2n) is 10.0. The monoisotopic (exact) mass is 501 g/mol.